The van der Waals surface area contributed by atoms with Crippen LogP contribution in [-0.4, -0.2) is 53.3 Å². The molecule has 1 unspecified atom stereocenters. The van der Waals surface area contributed by atoms with Crippen LogP contribution in [0.5, 0.6) is 0 Å². The lowest BCUT2D eigenvalue weighted by Gasteiger charge is -2.36. The minimum Gasteiger partial charge on any atom is -0.341 e. The van der Waals surface area contributed by atoms with Crippen LogP contribution in [0.2, 0.25) is 5.02 Å². The van der Waals surface area contributed by atoms with Crippen LogP contribution in [0.15, 0.2) is 87.6 Å². The second kappa shape index (κ2) is 11.2. The molecule has 1 saturated heterocycles. The summed E-state index contributed by atoms with van der Waals surface area (Å²) in [5, 5.41) is 3.92. The highest BCUT2D eigenvalue weighted by atomic mass is 79.9. The van der Waals surface area contributed by atoms with Crippen LogP contribution in [0, 0.1) is 5.82 Å². The Kier molecular flexibility index (Phi) is 7.82. The number of halogens is 3. The van der Waals surface area contributed by atoms with Crippen molar-refractivity contribution < 1.29 is 4.39 Å². The number of benzene rings is 2. The maximum absolute atomic E-state index is 13.8. The molecule has 36 heavy (non-hydrogen) atoms. The fourth-order valence-electron chi connectivity index (χ4n) is 4.67. The van der Waals surface area contributed by atoms with Crippen molar-refractivity contribution in [2.45, 2.75) is 19.5 Å². The lowest BCUT2D eigenvalue weighted by molar-refractivity contribution is 0.133. The summed E-state index contributed by atoms with van der Waals surface area (Å²) < 4.78 is 14.9. The van der Waals surface area contributed by atoms with Crippen LogP contribution in [0.3, 0.4) is 0 Å². The van der Waals surface area contributed by atoms with E-state index in [0.717, 1.165) is 66.3 Å². The van der Waals surface area contributed by atoms with Crippen molar-refractivity contribution in [3.8, 4) is 0 Å². The Morgan fingerprint density at radius 3 is 2.39 bits per heavy atom. The molecule has 5 nitrogen and oxygen atoms in total. The SMILES string of the molecule is CC1=C(CN2CCN(Cc3ccc(Br)cc3)CC2)NC(c2ccccn2)=NC1c1ccc(F)cc1Cl. The van der Waals surface area contributed by atoms with Gasteiger partial charge in [0.1, 0.15) is 17.6 Å². The molecule has 1 atom stereocenters. The monoisotopic (exact) mass is 567 g/mol. The molecule has 1 fully saturated rings. The van der Waals surface area contributed by atoms with Crippen molar-refractivity contribution in [1.29, 1.82) is 0 Å². The molecule has 3 aromatic rings. The molecule has 0 spiro atoms. The number of rotatable bonds is 6. The van der Waals surface area contributed by atoms with Gasteiger partial charge in [-0.05, 0) is 60.0 Å². The number of hydrogen-bond acceptors (Lipinski definition) is 5. The van der Waals surface area contributed by atoms with Crippen LogP contribution in [-0.2, 0) is 6.54 Å². The zero-order valence-corrected chi connectivity index (χ0v) is 22.4. The number of aliphatic imine (C=N–C) groups is 1. The second-order valence-electron chi connectivity index (χ2n) is 9.23. The summed E-state index contributed by atoms with van der Waals surface area (Å²) in [6.45, 7) is 7.80. The molecule has 3 heterocycles. The second-order valence-corrected chi connectivity index (χ2v) is 10.5. The topological polar surface area (TPSA) is 43.8 Å². The minimum absolute atomic E-state index is 0.301. The number of amidine groups is 1. The smallest absolute Gasteiger partial charge is 0.152 e. The van der Waals surface area contributed by atoms with E-state index in [1.807, 2.05) is 18.2 Å². The van der Waals surface area contributed by atoms with Gasteiger partial charge in [0.2, 0.25) is 0 Å². The summed E-state index contributed by atoms with van der Waals surface area (Å²) in [6, 6.07) is 18.5. The molecule has 186 valence electrons. The zero-order valence-electron chi connectivity index (χ0n) is 20.1. The first-order valence-electron chi connectivity index (χ1n) is 12.1. The first kappa shape index (κ1) is 25.1. The third-order valence-electron chi connectivity index (χ3n) is 6.74. The van der Waals surface area contributed by atoms with E-state index in [1.54, 1.807) is 12.3 Å². The van der Waals surface area contributed by atoms with E-state index < -0.39 is 0 Å². The molecule has 0 radical (unpaired) electrons. The first-order chi connectivity index (χ1) is 17.5. The third kappa shape index (κ3) is 5.86. The fourth-order valence-corrected chi connectivity index (χ4v) is 5.20. The van der Waals surface area contributed by atoms with E-state index in [0.29, 0.717) is 10.9 Å². The fraction of sp³-hybridized carbons (Fsp3) is 0.286. The van der Waals surface area contributed by atoms with E-state index >= 15 is 0 Å². The van der Waals surface area contributed by atoms with Gasteiger partial charge in [0.05, 0.1) is 0 Å². The van der Waals surface area contributed by atoms with Crippen molar-refractivity contribution in [3.63, 3.8) is 0 Å². The Hall–Kier alpha value is -2.58. The van der Waals surface area contributed by atoms with Crippen molar-refractivity contribution in [1.82, 2.24) is 20.1 Å². The van der Waals surface area contributed by atoms with Crippen LogP contribution >= 0.6 is 27.5 Å². The predicted molar refractivity (Wildman–Crippen MR) is 147 cm³/mol. The van der Waals surface area contributed by atoms with Crippen LogP contribution in [0.4, 0.5) is 4.39 Å². The molecule has 2 aliphatic heterocycles. The van der Waals surface area contributed by atoms with Gasteiger partial charge in [0, 0.05) is 60.7 Å². The summed E-state index contributed by atoms with van der Waals surface area (Å²) in [6.07, 6.45) is 1.76. The van der Waals surface area contributed by atoms with Crippen molar-refractivity contribution in [3.05, 3.63) is 110 Å². The molecule has 2 aliphatic rings. The number of nitrogens with one attached hydrogen (secondary N) is 1. The van der Waals surface area contributed by atoms with Crippen molar-refractivity contribution in [2.75, 3.05) is 32.7 Å². The summed E-state index contributed by atoms with van der Waals surface area (Å²) in [5.74, 6) is 0.352. The summed E-state index contributed by atoms with van der Waals surface area (Å²) >= 11 is 9.97. The molecule has 0 bridgehead atoms. The molecular weight excluding hydrogens is 541 g/mol. The molecule has 0 amide bonds. The van der Waals surface area contributed by atoms with Gasteiger partial charge < -0.3 is 5.32 Å². The third-order valence-corrected chi connectivity index (χ3v) is 7.60. The first-order valence-corrected chi connectivity index (χ1v) is 13.2. The van der Waals surface area contributed by atoms with Crippen LogP contribution in [0.25, 0.3) is 0 Å². The molecule has 8 heteroatoms. The number of pyridine rings is 1. The number of nitrogens with zero attached hydrogens (tertiary/aromatic N) is 4. The summed E-state index contributed by atoms with van der Waals surface area (Å²) in [5.41, 5.74) is 5.07. The highest BCUT2D eigenvalue weighted by Gasteiger charge is 2.28. The number of aromatic nitrogens is 1. The molecule has 0 saturated carbocycles. The average molecular weight is 569 g/mol. The number of hydrogen-bond donors (Lipinski definition) is 1. The average Bonchev–Trinajstić information content (AvgIpc) is 2.89. The van der Waals surface area contributed by atoms with E-state index in [1.165, 1.54) is 17.7 Å². The molecular formula is C28H28BrClFN5. The Morgan fingerprint density at radius 1 is 1.00 bits per heavy atom. The Bertz CT molecular complexity index is 1270. The normalized spacial score (nSPS) is 19.2. The van der Waals surface area contributed by atoms with Gasteiger partial charge in [-0.15, -0.1) is 0 Å². The van der Waals surface area contributed by atoms with E-state index in [2.05, 4.69) is 67.2 Å². The van der Waals surface area contributed by atoms with Gasteiger partial charge in [-0.3, -0.25) is 19.8 Å². The lowest BCUT2D eigenvalue weighted by Crippen LogP contribution is -2.48. The molecule has 0 aliphatic carbocycles. The van der Waals surface area contributed by atoms with Gasteiger partial charge in [0.15, 0.2) is 5.84 Å². The summed E-state index contributed by atoms with van der Waals surface area (Å²) in [7, 11) is 0. The van der Waals surface area contributed by atoms with Gasteiger partial charge in [-0.25, -0.2) is 4.39 Å². The molecule has 1 aromatic heterocycles. The van der Waals surface area contributed by atoms with Gasteiger partial charge in [0.25, 0.3) is 0 Å². The highest BCUT2D eigenvalue weighted by molar-refractivity contribution is 9.10. The largest absolute Gasteiger partial charge is 0.341 e. The predicted octanol–water partition coefficient (Wildman–Crippen LogP) is 5.82. The van der Waals surface area contributed by atoms with Crippen molar-refractivity contribution >= 4 is 33.4 Å². The highest BCUT2D eigenvalue weighted by Crippen LogP contribution is 2.35. The molecule has 1 N–H and O–H groups in total. The minimum atomic E-state index is -0.352. The standard InChI is InChI=1S/C28H28BrClFN5/c1-19-26(18-36-14-12-35(13-15-36)17-20-5-7-21(29)8-6-20)33-28(25-4-2-3-11-32-25)34-27(19)23-10-9-22(31)16-24(23)30/h2-11,16,27H,12-15,17-18H2,1H3,(H,33,34). The Labute approximate surface area is 224 Å². The Balaban J connectivity index is 1.33. The molecule has 2 aromatic carbocycles. The van der Waals surface area contributed by atoms with Gasteiger partial charge >= 0.3 is 0 Å². The molecule has 5 rings (SSSR count). The van der Waals surface area contributed by atoms with Gasteiger partial charge in [-0.2, -0.15) is 0 Å². The quantitative estimate of drug-likeness (QED) is 0.407. The zero-order chi connectivity index (χ0) is 25.1. The van der Waals surface area contributed by atoms with E-state index in [-0.39, 0.29) is 11.9 Å². The van der Waals surface area contributed by atoms with Crippen molar-refractivity contribution in [2.24, 2.45) is 4.99 Å². The lowest BCUT2D eigenvalue weighted by atomic mass is 9.96. The number of piperazine rings is 1. The van der Waals surface area contributed by atoms with E-state index in [9.17, 15) is 4.39 Å². The maximum Gasteiger partial charge on any atom is 0.152 e. The maximum atomic E-state index is 13.8. The summed E-state index contributed by atoms with van der Waals surface area (Å²) in [4.78, 5) is 14.4. The Morgan fingerprint density at radius 2 is 1.72 bits per heavy atom. The van der Waals surface area contributed by atoms with Gasteiger partial charge in [-0.1, -0.05) is 51.8 Å². The van der Waals surface area contributed by atoms with E-state index in [4.69, 9.17) is 16.6 Å². The van der Waals surface area contributed by atoms with Crippen LogP contribution < -0.4 is 5.32 Å². The van der Waals surface area contributed by atoms with Crippen LogP contribution in [0.1, 0.15) is 29.8 Å².